The predicted molar refractivity (Wildman–Crippen MR) is 136 cm³/mol. The fourth-order valence-corrected chi connectivity index (χ4v) is 4.32. The molecule has 0 heterocycles. The quantitative estimate of drug-likeness (QED) is 0.181. The first-order chi connectivity index (χ1) is 16.2. The third-order valence-electron chi connectivity index (χ3n) is 4.33. The molecule has 2 amide bonds. The van der Waals surface area contributed by atoms with Crippen molar-refractivity contribution in [2.45, 2.75) is 11.8 Å². The molecule has 0 atom stereocenters. The van der Waals surface area contributed by atoms with Gasteiger partial charge in [-0.05, 0) is 77.2 Å². The van der Waals surface area contributed by atoms with Gasteiger partial charge < -0.3 is 14.8 Å². The van der Waals surface area contributed by atoms with Gasteiger partial charge in [-0.2, -0.15) is 13.7 Å². The first kappa shape index (κ1) is 24.9. The van der Waals surface area contributed by atoms with Crippen molar-refractivity contribution >= 4 is 62.0 Å². The van der Waals surface area contributed by atoms with Crippen LogP contribution in [0.15, 0.2) is 83.3 Å². The summed E-state index contributed by atoms with van der Waals surface area (Å²) in [6.07, 6.45) is 1.26. The van der Waals surface area contributed by atoms with E-state index in [4.69, 9.17) is 4.18 Å². The largest absolute Gasteiger partial charge is 0.378 e. The number of para-hydroxylation sites is 1. The van der Waals surface area contributed by atoms with Crippen LogP contribution in [0.3, 0.4) is 0 Å². The highest BCUT2D eigenvalue weighted by Gasteiger charge is 2.19. The van der Waals surface area contributed by atoms with E-state index in [1.165, 1.54) is 49.4 Å². The van der Waals surface area contributed by atoms with Gasteiger partial charge in [0.05, 0.1) is 0 Å². The van der Waals surface area contributed by atoms with Gasteiger partial charge in [0.2, 0.25) is 5.91 Å². The third kappa shape index (κ3) is 6.66. The average molecular weight is 587 g/mol. The number of rotatable bonds is 7. The fraction of sp³-hybridized carbons (Fsp3) is 0.0417. The molecule has 34 heavy (non-hydrogen) atoms. The van der Waals surface area contributed by atoms with Gasteiger partial charge in [0.25, 0.3) is 5.91 Å². The number of hydrogen-bond donors (Lipinski definition) is 2. The van der Waals surface area contributed by atoms with E-state index < -0.39 is 16.0 Å². The number of hydrogen-bond acceptors (Lipinski definition) is 6. The van der Waals surface area contributed by atoms with Crippen LogP contribution < -0.4 is 14.8 Å². The minimum Gasteiger partial charge on any atom is -0.378 e. The van der Waals surface area contributed by atoms with Gasteiger partial charge in [-0.25, -0.2) is 0 Å². The summed E-state index contributed by atoms with van der Waals surface area (Å²) < 4.78 is 31.8. The number of nitrogens with zero attached hydrogens (tertiary/aromatic N) is 1. The van der Waals surface area contributed by atoms with Crippen LogP contribution in [0.4, 0.5) is 11.4 Å². The molecule has 0 saturated heterocycles. The molecule has 172 valence electrons. The van der Waals surface area contributed by atoms with E-state index in [9.17, 15) is 23.3 Å². The summed E-state index contributed by atoms with van der Waals surface area (Å²) in [5, 5.41) is 14.7. The average Bonchev–Trinajstić information content (AvgIpc) is 2.78. The van der Waals surface area contributed by atoms with Gasteiger partial charge in [0, 0.05) is 27.4 Å². The van der Waals surface area contributed by atoms with E-state index in [1.807, 2.05) is 12.1 Å². The minimum atomic E-state index is -4.22. The van der Waals surface area contributed by atoms with Gasteiger partial charge in [-0.15, -0.1) is 0 Å². The van der Waals surface area contributed by atoms with Crippen molar-refractivity contribution in [3.05, 3.63) is 87.5 Å². The molecule has 0 saturated carbocycles. The molecule has 0 bridgehead atoms. The van der Waals surface area contributed by atoms with Crippen LogP contribution in [0.1, 0.15) is 12.5 Å². The first-order valence-corrected chi connectivity index (χ1v) is 12.3. The Morgan fingerprint density at radius 2 is 1.68 bits per heavy atom. The molecule has 0 unspecified atom stereocenters. The van der Waals surface area contributed by atoms with E-state index in [0.29, 0.717) is 11.4 Å². The summed E-state index contributed by atoms with van der Waals surface area (Å²) in [6, 6.07) is 20.5. The number of benzene rings is 3. The smallest absolute Gasteiger partial charge is 0.339 e. The van der Waals surface area contributed by atoms with Crippen molar-refractivity contribution in [3.8, 4) is 11.8 Å². The summed E-state index contributed by atoms with van der Waals surface area (Å²) in [6.45, 7) is 1.34. The van der Waals surface area contributed by atoms with E-state index in [2.05, 4.69) is 33.2 Å². The number of carbonyl (C=O) groups excluding carboxylic acids is 2. The summed E-state index contributed by atoms with van der Waals surface area (Å²) in [7, 11) is -4.22. The number of halogens is 1. The second kappa shape index (κ2) is 11.0. The predicted octanol–water partition coefficient (Wildman–Crippen LogP) is 4.56. The molecule has 3 aromatic carbocycles. The highest BCUT2D eigenvalue weighted by atomic mass is 127. The van der Waals surface area contributed by atoms with Gasteiger partial charge in [0.15, 0.2) is 0 Å². The Balaban J connectivity index is 1.85. The Labute approximate surface area is 210 Å². The van der Waals surface area contributed by atoms with Crippen molar-refractivity contribution in [1.29, 1.82) is 5.26 Å². The van der Waals surface area contributed by atoms with Crippen LogP contribution in [0.5, 0.6) is 5.75 Å². The maximum absolute atomic E-state index is 12.8. The monoisotopic (exact) mass is 587 g/mol. The Morgan fingerprint density at radius 1 is 0.971 bits per heavy atom. The number of nitrogens with one attached hydrogen (secondary N) is 2. The van der Waals surface area contributed by atoms with Crippen LogP contribution in [0, 0.1) is 14.9 Å². The van der Waals surface area contributed by atoms with Crippen molar-refractivity contribution in [2.75, 3.05) is 10.6 Å². The van der Waals surface area contributed by atoms with Gasteiger partial charge in [0.1, 0.15) is 22.3 Å². The number of carbonyl (C=O) groups is 2. The minimum absolute atomic E-state index is 0.0525. The Kier molecular flexibility index (Phi) is 8.04. The summed E-state index contributed by atoms with van der Waals surface area (Å²) in [4.78, 5) is 23.6. The zero-order valence-corrected chi connectivity index (χ0v) is 20.8. The lowest BCUT2D eigenvalue weighted by molar-refractivity contribution is -0.114. The van der Waals surface area contributed by atoms with Crippen molar-refractivity contribution in [3.63, 3.8) is 0 Å². The fourth-order valence-electron chi connectivity index (χ4n) is 2.82. The van der Waals surface area contributed by atoms with E-state index in [-0.39, 0.29) is 27.7 Å². The maximum atomic E-state index is 12.8. The van der Waals surface area contributed by atoms with E-state index in [0.717, 1.165) is 3.57 Å². The molecule has 10 heteroatoms. The van der Waals surface area contributed by atoms with Crippen molar-refractivity contribution in [2.24, 2.45) is 0 Å². The Hall–Kier alpha value is -3.69. The lowest BCUT2D eigenvalue weighted by Crippen LogP contribution is -2.14. The lowest BCUT2D eigenvalue weighted by atomic mass is 10.1. The van der Waals surface area contributed by atoms with Crippen LogP contribution in [-0.2, 0) is 19.7 Å². The lowest BCUT2D eigenvalue weighted by Gasteiger charge is -2.11. The van der Waals surface area contributed by atoms with Crippen LogP contribution in [0.2, 0.25) is 0 Å². The molecule has 0 fully saturated rings. The zero-order chi connectivity index (χ0) is 24.7. The van der Waals surface area contributed by atoms with Crippen molar-refractivity contribution in [1.82, 2.24) is 0 Å². The van der Waals surface area contributed by atoms with Crippen LogP contribution in [-0.4, -0.2) is 20.2 Å². The second-order valence-corrected chi connectivity index (χ2v) is 9.71. The molecule has 8 nitrogen and oxygen atoms in total. The number of anilines is 2. The summed E-state index contributed by atoms with van der Waals surface area (Å²) in [5.41, 5.74) is 0.961. The molecule has 0 aliphatic rings. The molecule has 3 rings (SSSR count). The molecule has 3 aromatic rings. The first-order valence-electron chi connectivity index (χ1n) is 9.78. The molecule has 2 N–H and O–H groups in total. The van der Waals surface area contributed by atoms with Crippen LogP contribution in [0.25, 0.3) is 6.08 Å². The van der Waals surface area contributed by atoms with Crippen molar-refractivity contribution < 1.29 is 22.2 Å². The Morgan fingerprint density at radius 3 is 2.32 bits per heavy atom. The van der Waals surface area contributed by atoms with Gasteiger partial charge in [-0.3, -0.25) is 9.59 Å². The molecule has 0 aromatic heterocycles. The number of nitriles is 1. The highest BCUT2D eigenvalue weighted by molar-refractivity contribution is 14.1. The number of amides is 2. The Bertz CT molecular complexity index is 1410. The standard InChI is InChI=1S/C24H18IN3O5S/c1-16(29)27-20-9-11-22(12-10-20)34(31,32)33-23-8-3-2-5-17(23)13-18(15-26)24(30)28-21-7-4-6-19(25)14-21/h2-14H,1H3,(H,27,29)(H,28,30)/b18-13+. The normalized spacial score (nSPS) is 11.3. The molecule has 0 aliphatic carbocycles. The van der Waals surface area contributed by atoms with E-state index in [1.54, 1.807) is 30.3 Å². The van der Waals surface area contributed by atoms with Crippen LogP contribution >= 0.6 is 22.6 Å². The maximum Gasteiger partial charge on any atom is 0.339 e. The van der Waals surface area contributed by atoms with Gasteiger partial charge in [-0.1, -0.05) is 24.3 Å². The summed E-state index contributed by atoms with van der Waals surface area (Å²) >= 11 is 2.10. The molecule has 0 spiro atoms. The third-order valence-corrected chi connectivity index (χ3v) is 6.25. The molecule has 0 radical (unpaired) electrons. The molecule has 0 aliphatic heterocycles. The molecular formula is C24H18IN3O5S. The molecular weight excluding hydrogens is 569 g/mol. The van der Waals surface area contributed by atoms with E-state index >= 15 is 0 Å². The summed E-state index contributed by atoms with van der Waals surface area (Å²) in [5.74, 6) is -0.981. The van der Waals surface area contributed by atoms with Gasteiger partial charge >= 0.3 is 10.1 Å². The second-order valence-electron chi connectivity index (χ2n) is 6.92. The SMILES string of the molecule is CC(=O)Nc1ccc(S(=O)(=O)Oc2ccccc2/C=C(\C#N)C(=O)Nc2cccc(I)c2)cc1. The zero-order valence-electron chi connectivity index (χ0n) is 17.8. The highest BCUT2D eigenvalue weighted by Crippen LogP contribution is 2.26. The topological polar surface area (TPSA) is 125 Å².